The maximum Gasteiger partial charge on any atom is 0.409 e. The molecule has 1 aromatic heterocycles. The molecule has 3 aromatic carbocycles. The predicted molar refractivity (Wildman–Crippen MR) is 152 cm³/mol. The van der Waals surface area contributed by atoms with E-state index in [2.05, 4.69) is 22.4 Å². The molecule has 0 spiro atoms. The van der Waals surface area contributed by atoms with Gasteiger partial charge in [0.05, 0.1) is 5.56 Å². The van der Waals surface area contributed by atoms with E-state index in [1.54, 1.807) is 33.5 Å². The van der Waals surface area contributed by atoms with Gasteiger partial charge in [-0.15, -0.1) is 0 Å². The number of hydrogen-bond donors (Lipinski definition) is 2. The molecule has 5 rings (SSSR count). The molecule has 6 nitrogen and oxygen atoms in total. The summed E-state index contributed by atoms with van der Waals surface area (Å²) in [6.07, 6.45) is 0.283. The highest BCUT2D eigenvalue weighted by atomic mass is 33.1. The minimum atomic E-state index is -0.447. The number of ether oxygens (including phenoxy) is 1. The fraction of sp³-hybridized carbons (Fsp3) is 0.241. The lowest BCUT2D eigenvalue weighted by molar-refractivity contribution is 0.0956. The van der Waals surface area contributed by atoms with Crippen molar-refractivity contribution in [3.63, 3.8) is 0 Å². The smallest absolute Gasteiger partial charge is 0.409 e. The second-order valence-corrected chi connectivity index (χ2v) is 12.0. The summed E-state index contributed by atoms with van der Waals surface area (Å²) in [6.45, 7) is 3.26. The first-order chi connectivity index (χ1) is 18.4. The lowest BCUT2D eigenvalue weighted by Crippen LogP contribution is -2.28. The summed E-state index contributed by atoms with van der Waals surface area (Å²) in [5, 5.41) is 3.77. The predicted octanol–water partition coefficient (Wildman–Crippen LogP) is 6.66. The summed E-state index contributed by atoms with van der Waals surface area (Å²) >= 11 is 0. The molecule has 2 N–H and O–H groups in total. The normalized spacial score (nSPS) is 13.6. The van der Waals surface area contributed by atoms with E-state index in [1.165, 1.54) is 17.0 Å². The highest BCUT2D eigenvalue weighted by molar-refractivity contribution is 8.76. The van der Waals surface area contributed by atoms with Gasteiger partial charge in [0.25, 0.3) is 5.91 Å². The third-order valence-corrected chi connectivity index (χ3v) is 9.22. The van der Waals surface area contributed by atoms with Gasteiger partial charge in [0.2, 0.25) is 0 Å². The van der Waals surface area contributed by atoms with Crippen molar-refractivity contribution in [2.45, 2.75) is 30.0 Å². The molecule has 1 aliphatic heterocycles. The molecule has 196 valence electrons. The molecule has 0 bridgehead atoms. The van der Waals surface area contributed by atoms with Crippen LogP contribution in [0.25, 0.3) is 22.2 Å². The van der Waals surface area contributed by atoms with Crippen LogP contribution in [0.4, 0.5) is 9.18 Å². The second kappa shape index (κ2) is 11.5. The fourth-order valence-electron chi connectivity index (χ4n) is 4.49. The second-order valence-electron chi connectivity index (χ2n) is 9.29. The molecule has 2 heterocycles. The zero-order chi connectivity index (χ0) is 26.6. The third-order valence-electron chi connectivity index (χ3n) is 6.34. The lowest BCUT2D eigenvalue weighted by atomic mass is 9.99. The van der Waals surface area contributed by atoms with Crippen LogP contribution in [0.15, 0.2) is 71.6 Å². The summed E-state index contributed by atoms with van der Waals surface area (Å²) in [5.41, 5.74) is 4.75. The van der Waals surface area contributed by atoms with Crippen LogP contribution >= 0.6 is 21.6 Å². The van der Waals surface area contributed by atoms with Crippen LogP contribution in [0, 0.1) is 5.82 Å². The maximum absolute atomic E-state index is 14.2. The number of nitrogens with zero attached hydrogens (tertiary/aromatic N) is 1. The number of benzene rings is 3. The molecule has 9 heteroatoms. The summed E-state index contributed by atoms with van der Waals surface area (Å²) in [4.78, 5) is 31.0. The highest BCUT2D eigenvalue weighted by Gasteiger charge is 2.23. The van der Waals surface area contributed by atoms with Crippen LogP contribution in [-0.4, -0.2) is 47.3 Å². The van der Waals surface area contributed by atoms with Gasteiger partial charge >= 0.3 is 6.09 Å². The number of H-pyrrole nitrogens is 1. The van der Waals surface area contributed by atoms with Crippen molar-refractivity contribution in [1.29, 1.82) is 0 Å². The van der Waals surface area contributed by atoms with Crippen LogP contribution < -0.4 is 5.32 Å². The first kappa shape index (κ1) is 26.2. The summed E-state index contributed by atoms with van der Waals surface area (Å²) in [6, 6.07) is 20.7. The van der Waals surface area contributed by atoms with Crippen molar-refractivity contribution in [2.24, 2.45) is 0 Å². The average Bonchev–Trinajstić information content (AvgIpc) is 3.19. The number of aromatic amines is 1. The molecular formula is C29H28FN3O3S2. The first-order valence-electron chi connectivity index (χ1n) is 12.4. The first-order valence-corrected chi connectivity index (χ1v) is 14.6. The summed E-state index contributed by atoms with van der Waals surface area (Å²) in [5.74, 6) is -0.705. The van der Waals surface area contributed by atoms with Crippen molar-refractivity contribution < 1.29 is 18.7 Å². The Bertz CT molecular complexity index is 1460. The molecule has 0 saturated carbocycles. The zero-order valence-electron chi connectivity index (χ0n) is 21.1. The topological polar surface area (TPSA) is 74.4 Å². The molecule has 0 radical (unpaired) electrons. The number of carbonyl (C=O) groups is 2. The van der Waals surface area contributed by atoms with E-state index in [4.69, 9.17) is 4.74 Å². The van der Waals surface area contributed by atoms with Crippen LogP contribution in [0.2, 0.25) is 0 Å². The minimum absolute atomic E-state index is 0.151. The molecule has 0 fully saturated rings. The number of amides is 2. The molecule has 4 aromatic rings. The monoisotopic (exact) mass is 549 g/mol. The van der Waals surface area contributed by atoms with Gasteiger partial charge < -0.3 is 19.9 Å². The molecular weight excluding hydrogens is 521 g/mol. The molecule has 1 atom stereocenters. The van der Waals surface area contributed by atoms with E-state index in [0.717, 1.165) is 27.8 Å². The Kier molecular flexibility index (Phi) is 7.95. The van der Waals surface area contributed by atoms with Gasteiger partial charge in [-0.3, -0.25) is 4.79 Å². The van der Waals surface area contributed by atoms with E-state index in [9.17, 15) is 14.0 Å². The van der Waals surface area contributed by atoms with Crippen LogP contribution in [-0.2, 0) is 17.7 Å². The van der Waals surface area contributed by atoms with Crippen molar-refractivity contribution in [3.8, 4) is 11.3 Å². The maximum atomic E-state index is 14.2. The van der Waals surface area contributed by atoms with Gasteiger partial charge in [-0.1, -0.05) is 64.1 Å². The van der Waals surface area contributed by atoms with E-state index >= 15 is 0 Å². The Labute approximate surface area is 228 Å². The van der Waals surface area contributed by atoms with Gasteiger partial charge in [-0.05, 0) is 54.3 Å². The van der Waals surface area contributed by atoms with Gasteiger partial charge in [-0.2, -0.15) is 0 Å². The van der Waals surface area contributed by atoms with Gasteiger partial charge in [0.1, 0.15) is 12.4 Å². The summed E-state index contributed by atoms with van der Waals surface area (Å²) < 4.78 is 19.7. The number of halogens is 1. The van der Waals surface area contributed by atoms with E-state index in [1.807, 2.05) is 49.4 Å². The van der Waals surface area contributed by atoms with Gasteiger partial charge in [0.15, 0.2) is 0 Å². The van der Waals surface area contributed by atoms with Crippen molar-refractivity contribution in [3.05, 3.63) is 89.2 Å². The lowest BCUT2D eigenvalue weighted by Gasteiger charge is -2.19. The molecule has 1 aliphatic rings. The van der Waals surface area contributed by atoms with Gasteiger partial charge in [-0.25, -0.2) is 9.18 Å². The van der Waals surface area contributed by atoms with Gasteiger partial charge in [0, 0.05) is 46.9 Å². The van der Waals surface area contributed by atoms with Crippen LogP contribution in [0.5, 0.6) is 0 Å². The van der Waals surface area contributed by atoms with Crippen LogP contribution in [0.1, 0.15) is 28.4 Å². The Morgan fingerprint density at radius 2 is 1.89 bits per heavy atom. The molecule has 0 aliphatic carbocycles. The molecule has 2 amide bonds. The van der Waals surface area contributed by atoms with E-state index < -0.39 is 5.82 Å². The number of carbonyl (C=O) groups excluding carboxylic acids is 2. The van der Waals surface area contributed by atoms with Crippen LogP contribution in [0.3, 0.4) is 0 Å². The Balaban J connectivity index is 1.21. The average molecular weight is 550 g/mol. The SMILES string of the molecule is C[C@H](COC(=O)N(C)Cc1ccc(-c2[nH]c3cc(F)cc4c3c2CCNC4=O)cc1)SSc1ccccc1. The molecule has 38 heavy (non-hydrogen) atoms. The fourth-order valence-corrected chi connectivity index (χ4v) is 6.49. The zero-order valence-corrected chi connectivity index (χ0v) is 22.8. The minimum Gasteiger partial charge on any atom is -0.448 e. The molecule has 0 saturated heterocycles. The highest BCUT2D eigenvalue weighted by Crippen LogP contribution is 2.35. The van der Waals surface area contributed by atoms with E-state index in [-0.39, 0.29) is 17.3 Å². The van der Waals surface area contributed by atoms with Crippen molar-refractivity contribution >= 4 is 44.5 Å². The largest absolute Gasteiger partial charge is 0.448 e. The van der Waals surface area contributed by atoms with Crippen molar-refractivity contribution in [2.75, 3.05) is 20.2 Å². The third kappa shape index (κ3) is 5.84. The molecule has 0 unspecified atom stereocenters. The summed E-state index contributed by atoms with van der Waals surface area (Å²) in [7, 11) is 5.06. The van der Waals surface area contributed by atoms with Crippen molar-refractivity contribution in [1.82, 2.24) is 15.2 Å². The Hall–Kier alpha value is -3.43. The number of nitrogens with one attached hydrogen (secondary N) is 2. The standard InChI is InChI=1S/C29H28FN3O3S2/c1-18(37-38-22-6-4-3-5-7-22)17-36-29(35)33(2)16-19-8-10-20(11-9-19)27-23-12-13-31-28(34)24-14-21(30)15-25(32-27)26(23)24/h3-11,14-15,18,32H,12-13,16-17H2,1-2H3,(H,31,34)/t18-/m1/s1. The van der Waals surface area contributed by atoms with E-state index in [0.29, 0.717) is 37.2 Å². The Morgan fingerprint density at radius 3 is 2.66 bits per heavy atom. The Morgan fingerprint density at radius 1 is 1.13 bits per heavy atom. The number of rotatable bonds is 8. The quantitative estimate of drug-likeness (QED) is 0.241. The number of aromatic nitrogens is 1. The number of hydrogen-bond acceptors (Lipinski definition) is 5.